The average molecular weight is 557 g/mol. The molecule has 12 heteroatoms. The molecule has 1 aliphatic rings. The zero-order chi connectivity index (χ0) is 28.3. The monoisotopic (exact) mass is 556 g/mol. The number of hydrogen-bond acceptors (Lipinski definition) is 8. The maximum atomic E-state index is 13.0. The molecule has 1 saturated heterocycles. The van der Waals surface area contributed by atoms with Crippen LogP contribution in [0.4, 0.5) is 0 Å². The van der Waals surface area contributed by atoms with Crippen LogP contribution in [0.5, 0.6) is 0 Å². The predicted molar refractivity (Wildman–Crippen MR) is 148 cm³/mol. The summed E-state index contributed by atoms with van der Waals surface area (Å²) in [6, 6.07) is 2.30. The highest BCUT2D eigenvalue weighted by atomic mass is 31.2. The van der Waals surface area contributed by atoms with Crippen molar-refractivity contribution in [3.05, 3.63) is 32.6 Å². The van der Waals surface area contributed by atoms with E-state index in [1.807, 2.05) is 0 Å². The molecule has 10 nitrogen and oxygen atoms in total. The van der Waals surface area contributed by atoms with Crippen LogP contribution in [0.15, 0.2) is 15.8 Å². The molecule has 210 valence electrons. The second-order valence-electron chi connectivity index (χ2n) is 11.8. The predicted octanol–water partition coefficient (Wildman–Crippen LogP) is 4.27. The third-order valence-corrected chi connectivity index (χ3v) is 16.0. The molecule has 0 spiro atoms. The molecule has 0 bridgehead atoms. The number of nitrogens with zero attached hydrogens (tertiary/aromatic N) is 3. The standard InChI is InChI=1S/C25H45N4O6PSi/c1-16(2)29(17(3)4)36(33-13-11-12-26)35-20-21(37(9,10)25(6,7)8)19(15-30)34-23(20)28-14-18(5)22(31)27-24(28)32/h14,16-17,19-21,23,30H,11,13,15H2,1-10H3,(H,27,31,32)/t19-,20+,21?,23-,36?/m1/s1. The zero-order valence-corrected chi connectivity index (χ0v) is 25.8. The van der Waals surface area contributed by atoms with Crippen molar-refractivity contribution in [3.63, 3.8) is 0 Å². The number of aromatic amines is 1. The van der Waals surface area contributed by atoms with E-state index in [2.05, 4.69) is 77.3 Å². The lowest BCUT2D eigenvalue weighted by Crippen LogP contribution is -2.50. The molecule has 2 unspecified atom stereocenters. The van der Waals surface area contributed by atoms with Crippen molar-refractivity contribution in [2.45, 2.75) is 116 Å². The number of H-pyrrole nitrogens is 1. The van der Waals surface area contributed by atoms with E-state index >= 15 is 0 Å². The maximum absolute atomic E-state index is 13.0. The van der Waals surface area contributed by atoms with Crippen LogP contribution in [0.2, 0.25) is 23.7 Å². The second kappa shape index (κ2) is 12.6. The van der Waals surface area contributed by atoms with Crippen molar-refractivity contribution in [2.75, 3.05) is 13.2 Å². The van der Waals surface area contributed by atoms with Crippen molar-refractivity contribution in [1.29, 1.82) is 5.26 Å². The molecule has 0 saturated carbocycles. The normalized spacial score (nSPS) is 23.7. The quantitative estimate of drug-likeness (QED) is 0.235. The first-order valence-corrected chi connectivity index (χ1v) is 17.1. The molecule has 0 aromatic carbocycles. The summed E-state index contributed by atoms with van der Waals surface area (Å²) in [5, 5.41) is 19.5. The van der Waals surface area contributed by atoms with E-state index in [1.54, 1.807) is 6.92 Å². The van der Waals surface area contributed by atoms with Crippen LogP contribution in [0.1, 0.15) is 66.7 Å². The minimum Gasteiger partial charge on any atom is -0.394 e. The first-order valence-electron chi connectivity index (χ1n) is 12.9. The second-order valence-corrected chi connectivity index (χ2v) is 18.9. The summed E-state index contributed by atoms with van der Waals surface area (Å²) in [5.74, 6) is 0. The summed E-state index contributed by atoms with van der Waals surface area (Å²) in [6.45, 7) is 20.9. The van der Waals surface area contributed by atoms with E-state index in [1.165, 1.54) is 10.8 Å². The molecule has 1 aromatic rings. The molecule has 2 rings (SSSR count). The number of aromatic nitrogens is 2. The summed E-state index contributed by atoms with van der Waals surface area (Å²) in [5.41, 5.74) is -0.866. The van der Waals surface area contributed by atoms with Crippen molar-refractivity contribution in [2.24, 2.45) is 0 Å². The van der Waals surface area contributed by atoms with Gasteiger partial charge in [-0.2, -0.15) is 5.26 Å². The third kappa shape index (κ3) is 6.98. The van der Waals surface area contributed by atoms with Gasteiger partial charge in [0.1, 0.15) is 6.10 Å². The Morgan fingerprint density at radius 3 is 2.35 bits per heavy atom. The van der Waals surface area contributed by atoms with E-state index < -0.39 is 46.3 Å². The van der Waals surface area contributed by atoms with Gasteiger partial charge in [-0.1, -0.05) is 33.9 Å². The number of aliphatic hydroxyl groups is 1. The summed E-state index contributed by atoms with van der Waals surface area (Å²) < 4.78 is 23.0. The Labute approximate surface area is 222 Å². The van der Waals surface area contributed by atoms with Gasteiger partial charge in [0, 0.05) is 29.4 Å². The highest BCUT2D eigenvalue weighted by molar-refractivity contribution is 7.44. The molecule has 2 N–H and O–H groups in total. The molecular weight excluding hydrogens is 511 g/mol. The lowest BCUT2D eigenvalue weighted by molar-refractivity contribution is -0.0504. The number of ether oxygens (including phenoxy) is 1. The van der Waals surface area contributed by atoms with Crippen molar-refractivity contribution < 1.29 is 18.9 Å². The van der Waals surface area contributed by atoms with Crippen molar-refractivity contribution in [3.8, 4) is 6.07 Å². The molecule has 1 fully saturated rings. The van der Waals surface area contributed by atoms with Crippen LogP contribution in [-0.2, 0) is 13.8 Å². The fraction of sp³-hybridized carbons (Fsp3) is 0.800. The SMILES string of the molecule is Cc1cn([C@@H]2O[C@H](CO)C([Si](C)(C)C(C)(C)C)[C@@H]2OP(OCCC#N)N(C(C)C)C(C)C)c(=O)[nH]c1=O. The smallest absolute Gasteiger partial charge is 0.330 e. The van der Waals surface area contributed by atoms with Crippen molar-refractivity contribution >= 4 is 16.6 Å². The Kier molecular flexibility index (Phi) is 10.9. The minimum absolute atomic E-state index is 0.0724. The number of hydrogen-bond donors (Lipinski definition) is 2. The van der Waals surface area contributed by atoms with E-state index in [0.29, 0.717) is 5.56 Å². The van der Waals surface area contributed by atoms with Crippen molar-refractivity contribution in [1.82, 2.24) is 14.2 Å². The van der Waals surface area contributed by atoms with Gasteiger partial charge in [-0.3, -0.25) is 14.3 Å². The number of nitriles is 1. The topological polar surface area (TPSA) is 130 Å². The number of aliphatic hydroxyl groups excluding tert-OH is 1. The average Bonchev–Trinajstić information content (AvgIpc) is 3.13. The molecule has 1 aliphatic heterocycles. The van der Waals surface area contributed by atoms with E-state index in [4.69, 9.17) is 19.0 Å². The van der Waals surface area contributed by atoms with Gasteiger partial charge in [-0.25, -0.2) is 9.46 Å². The third-order valence-electron chi connectivity index (χ3n) is 7.59. The lowest BCUT2D eigenvalue weighted by Gasteiger charge is -2.46. The Bertz CT molecular complexity index is 1050. The molecule has 0 aliphatic carbocycles. The number of rotatable bonds is 11. The Balaban J connectivity index is 2.71. The largest absolute Gasteiger partial charge is 0.394 e. The highest BCUT2D eigenvalue weighted by Gasteiger charge is 2.58. The Morgan fingerprint density at radius 2 is 1.86 bits per heavy atom. The molecule has 5 atom stereocenters. The number of aryl methyl sites for hydroxylation is 1. The fourth-order valence-corrected chi connectivity index (χ4v) is 9.81. The Morgan fingerprint density at radius 1 is 1.27 bits per heavy atom. The zero-order valence-electron chi connectivity index (χ0n) is 23.9. The maximum Gasteiger partial charge on any atom is 0.330 e. The van der Waals surface area contributed by atoms with Crippen LogP contribution in [0.3, 0.4) is 0 Å². The fourth-order valence-electron chi connectivity index (χ4n) is 4.78. The van der Waals surface area contributed by atoms with Gasteiger partial charge in [0.15, 0.2) is 6.23 Å². The molecule has 37 heavy (non-hydrogen) atoms. The van der Waals surface area contributed by atoms with E-state index in [0.717, 1.165) is 0 Å². The molecule has 0 amide bonds. The first-order chi connectivity index (χ1) is 17.1. The van der Waals surface area contributed by atoms with Crippen LogP contribution >= 0.6 is 8.53 Å². The first kappa shape index (κ1) is 31.8. The summed E-state index contributed by atoms with van der Waals surface area (Å²) in [7, 11) is -3.89. The molecule has 1 aromatic heterocycles. The Hall–Kier alpha value is -1.38. The highest BCUT2D eigenvalue weighted by Crippen LogP contribution is 2.58. The van der Waals surface area contributed by atoms with Gasteiger partial charge in [-0.05, 0) is 39.7 Å². The van der Waals surface area contributed by atoms with E-state index in [-0.39, 0.29) is 42.3 Å². The molecule has 2 heterocycles. The van der Waals surface area contributed by atoms with Crippen LogP contribution < -0.4 is 11.2 Å². The van der Waals surface area contributed by atoms with Gasteiger partial charge >= 0.3 is 5.69 Å². The summed E-state index contributed by atoms with van der Waals surface area (Å²) in [6.07, 6.45) is -0.344. The van der Waals surface area contributed by atoms with Gasteiger partial charge in [-0.15, -0.1) is 0 Å². The minimum atomic E-state index is -2.24. The van der Waals surface area contributed by atoms with Gasteiger partial charge in [0.25, 0.3) is 14.1 Å². The van der Waals surface area contributed by atoms with Gasteiger partial charge in [0.2, 0.25) is 0 Å². The van der Waals surface area contributed by atoms with Gasteiger partial charge in [0.05, 0.1) is 39.9 Å². The van der Waals surface area contributed by atoms with Crippen LogP contribution in [-0.4, -0.2) is 64.9 Å². The summed E-state index contributed by atoms with van der Waals surface area (Å²) >= 11 is 0. The summed E-state index contributed by atoms with van der Waals surface area (Å²) in [4.78, 5) is 27.4. The van der Waals surface area contributed by atoms with Crippen LogP contribution in [0, 0.1) is 18.3 Å². The number of nitrogens with one attached hydrogen (secondary N) is 1. The van der Waals surface area contributed by atoms with Crippen LogP contribution in [0.25, 0.3) is 0 Å². The van der Waals surface area contributed by atoms with E-state index in [9.17, 15) is 14.7 Å². The molecule has 0 radical (unpaired) electrons. The lowest BCUT2D eigenvalue weighted by atomic mass is 10.2. The molecular formula is C25H45N4O6PSi. The van der Waals surface area contributed by atoms with Gasteiger partial charge < -0.3 is 18.9 Å².